The second kappa shape index (κ2) is 4.21. The normalized spacial score (nSPS) is 21.4. The van der Waals surface area contributed by atoms with Crippen LogP contribution in [0.2, 0.25) is 0 Å². The minimum absolute atomic E-state index is 0.0868. The number of carbonyl (C=O) groups excluding carboxylic acids is 1. The molecule has 2 aliphatic heterocycles. The molecule has 1 N–H and O–H groups in total. The molecular weight excluding hydrogens is 271 g/mol. The van der Waals surface area contributed by atoms with Crippen LogP contribution in [0, 0.1) is 6.57 Å². The molecule has 1 aromatic carbocycles. The molecule has 1 atom stereocenters. The summed E-state index contributed by atoms with van der Waals surface area (Å²) in [6.07, 6.45) is -4.64. The number of piperazine rings is 1. The molecule has 2 heterocycles. The monoisotopic (exact) mass is 281 g/mol. The summed E-state index contributed by atoms with van der Waals surface area (Å²) in [5.74, 6) is -0.588. The fourth-order valence-corrected chi connectivity index (χ4v) is 2.81. The Labute approximate surface area is 113 Å². The third-order valence-electron chi connectivity index (χ3n) is 3.67. The van der Waals surface area contributed by atoms with Crippen molar-refractivity contribution in [3.05, 3.63) is 40.2 Å². The molecule has 0 aliphatic carbocycles. The molecule has 0 saturated carbocycles. The standard InChI is InChI=1S/C13H10F3N3O/c1-17-7-4-8-10-6-18-2-3-19(10)12(20)11(8)9(5-7)13(14,15)16/h4-5,10,18H,2-3,6H2/t10-/m0/s1. The van der Waals surface area contributed by atoms with E-state index in [1.165, 1.54) is 11.0 Å². The number of hydrogen-bond donors (Lipinski definition) is 1. The van der Waals surface area contributed by atoms with Crippen LogP contribution in [0.1, 0.15) is 27.5 Å². The van der Waals surface area contributed by atoms with Gasteiger partial charge in [-0.3, -0.25) is 4.79 Å². The molecule has 0 unspecified atom stereocenters. The van der Waals surface area contributed by atoms with Gasteiger partial charge in [0.2, 0.25) is 0 Å². The Morgan fingerprint density at radius 1 is 1.40 bits per heavy atom. The predicted octanol–water partition coefficient (Wildman–Crippen LogP) is 2.36. The Morgan fingerprint density at radius 3 is 2.80 bits per heavy atom. The molecule has 0 spiro atoms. The van der Waals surface area contributed by atoms with Crippen molar-refractivity contribution in [3.63, 3.8) is 0 Å². The maximum Gasteiger partial charge on any atom is 0.415 e. The van der Waals surface area contributed by atoms with E-state index in [1.807, 2.05) is 0 Å². The summed E-state index contributed by atoms with van der Waals surface area (Å²) >= 11 is 0. The molecule has 1 fully saturated rings. The van der Waals surface area contributed by atoms with Crippen LogP contribution in [0.3, 0.4) is 0 Å². The zero-order valence-corrected chi connectivity index (χ0v) is 10.3. The minimum atomic E-state index is -4.64. The first-order valence-electron chi connectivity index (χ1n) is 6.08. The number of nitrogens with one attached hydrogen (secondary N) is 1. The maximum atomic E-state index is 13.1. The molecule has 1 aromatic rings. The fourth-order valence-electron chi connectivity index (χ4n) is 2.81. The van der Waals surface area contributed by atoms with Crippen LogP contribution < -0.4 is 5.32 Å². The van der Waals surface area contributed by atoms with E-state index < -0.39 is 23.7 Å². The Balaban J connectivity index is 2.24. The Bertz CT molecular complexity index is 633. The molecule has 104 valence electrons. The number of hydrogen-bond acceptors (Lipinski definition) is 2. The van der Waals surface area contributed by atoms with E-state index >= 15 is 0 Å². The highest BCUT2D eigenvalue weighted by Crippen LogP contribution is 2.44. The highest BCUT2D eigenvalue weighted by Gasteiger charge is 2.45. The van der Waals surface area contributed by atoms with Crippen molar-refractivity contribution in [1.82, 2.24) is 10.2 Å². The Hall–Kier alpha value is -2.07. The largest absolute Gasteiger partial charge is 0.415 e. The Morgan fingerprint density at radius 2 is 2.15 bits per heavy atom. The van der Waals surface area contributed by atoms with Gasteiger partial charge in [-0.1, -0.05) is 6.07 Å². The fraction of sp³-hybridized carbons (Fsp3) is 0.385. The third kappa shape index (κ3) is 1.76. The summed E-state index contributed by atoms with van der Waals surface area (Å²) in [6, 6.07) is 1.75. The van der Waals surface area contributed by atoms with E-state index in [-0.39, 0.29) is 11.3 Å². The lowest BCUT2D eigenvalue weighted by Crippen LogP contribution is -2.44. The Kier molecular flexibility index (Phi) is 2.73. The van der Waals surface area contributed by atoms with Gasteiger partial charge in [0, 0.05) is 19.6 Å². The number of rotatable bonds is 0. The van der Waals surface area contributed by atoms with Gasteiger partial charge in [0.05, 0.1) is 23.7 Å². The number of carbonyl (C=O) groups is 1. The molecule has 1 saturated heterocycles. The number of amides is 1. The average molecular weight is 281 g/mol. The number of fused-ring (bicyclic) bond motifs is 3. The lowest BCUT2D eigenvalue weighted by molar-refractivity contribution is -0.137. The summed E-state index contributed by atoms with van der Waals surface area (Å²) in [5.41, 5.74) is -1.07. The predicted molar refractivity (Wildman–Crippen MR) is 64.4 cm³/mol. The quantitative estimate of drug-likeness (QED) is 0.741. The van der Waals surface area contributed by atoms with Crippen molar-refractivity contribution in [2.24, 2.45) is 0 Å². The van der Waals surface area contributed by atoms with Gasteiger partial charge in [-0.15, -0.1) is 0 Å². The van der Waals surface area contributed by atoms with Crippen LogP contribution in [0.25, 0.3) is 4.85 Å². The summed E-state index contributed by atoms with van der Waals surface area (Å²) in [7, 11) is 0. The summed E-state index contributed by atoms with van der Waals surface area (Å²) < 4.78 is 39.4. The topological polar surface area (TPSA) is 36.7 Å². The van der Waals surface area contributed by atoms with E-state index in [2.05, 4.69) is 10.2 Å². The summed E-state index contributed by atoms with van der Waals surface area (Å²) in [6.45, 7) is 8.29. The molecule has 4 nitrogen and oxygen atoms in total. The SMILES string of the molecule is [C-]#[N+]c1cc2c(c(C(F)(F)F)c1)C(=O)N1CCNC[C@@H]21. The lowest BCUT2D eigenvalue weighted by Gasteiger charge is -2.30. The smallest absolute Gasteiger partial charge is 0.329 e. The van der Waals surface area contributed by atoms with Crippen LogP contribution >= 0.6 is 0 Å². The molecule has 2 aliphatic rings. The zero-order valence-electron chi connectivity index (χ0n) is 10.3. The number of alkyl halides is 3. The van der Waals surface area contributed by atoms with Crippen molar-refractivity contribution in [3.8, 4) is 0 Å². The van der Waals surface area contributed by atoms with E-state index in [4.69, 9.17) is 6.57 Å². The van der Waals surface area contributed by atoms with Gasteiger partial charge < -0.3 is 10.2 Å². The highest BCUT2D eigenvalue weighted by atomic mass is 19.4. The van der Waals surface area contributed by atoms with Crippen LogP contribution in [-0.4, -0.2) is 30.4 Å². The average Bonchev–Trinajstić information content (AvgIpc) is 2.71. The first-order valence-corrected chi connectivity index (χ1v) is 6.08. The van der Waals surface area contributed by atoms with Crippen LogP contribution in [-0.2, 0) is 6.18 Å². The third-order valence-corrected chi connectivity index (χ3v) is 3.67. The molecule has 7 heteroatoms. The second-order valence-corrected chi connectivity index (χ2v) is 4.79. The lowest BCUT2D eigenvalue weighted by atomic mass is 9.97. The summed E-state index contributed by atoms with van der Waals surface area (Å²) in [4.78, 5) is 16.8. The van der Waals surface area contributed by atoms with Crippen LogP contribution in [0.5, 0.6) is 0 Å². The van der Waals surface area contributed by atoms with Gasteiger partial charge in [0.15, 0.2) is 5.69 Å². The number of nitrogens with zero attached hydrogens (tertiary/aromatic N) is 2. The molecule has 20 heavy (non-hydrogen) atoms. The van der Waals surface area contributed by atoms with Gasteiger partial charge in [0.25, 0.3) is 5.91 Å². The van der Waals surface area contributed by atoms with Crippen molar-refractivity contribution in [1.29, 1.82) is 0 Å². The molecule has 3 rings (SSSR count). The van der Waals surface area contributed by atoms with E-state index in [9.17, 15) is 18.0 Å². The summed E-state index contributed by atoms with van der Waals surface area (Å²) in [5, 5.41) is 3.06. The molecule has 0 bridgehead atoms. The van der Waals surface area contributed by atoms with Crippen molar-refractivity contribution in [2.75, 3.05) is 19.6 Å². The second-order valence-electron chi connectivity index (χ2n) is 4.79. The van der Waals surface area contributed by atoms with Gasteiger partial charge in [0.1, 0.15) is 0 Å². The van der Waals surface area contributed by atoms with Crippen LogP contribution in [0.15, 0.2) is 12.1 Å². The minimum Gasteiger partial charge on any atom is -0.329 e. The molecule has 0 radical (unpaired) electrons. The van der Waals surface area contributed by atoms with Crippen molar-refractivity contribution < 1.29 is 18.0 Å². The number of halogens is 3. The van der Waals surface area contributed by atoms with Gasteiger partial charge in [-0.2, -0.15) is 13.2 Å². The molecule has 0 aromatic heterocycles. The van der Waals surface area contributed by atoms with Gasteiger partial charge >= 0.3 is 6.18 Å². The van der Waals surface area contributed by atoms with E-state index in [0.717, 1.165) is 6.07 Å². The van der Waals surface area contributed by atoms with Gasteiger partial charge in [-0.25, -0.2) is 4.85 Å². The first-order chi connectivity index (χ1) is 9.43. The highest BCUT2D eigenvalue weighted by molar-refractivity contribution is 6.01. The van der Waals surface area contributed by atoms with Crippen LogP contribution in [0.4, 0.5) is 18.9 Å². The van der Waals surface area contributed by atoms with Crippen molar-refractivity contribution in [2.45, 2.75) is 12.2 Å². The van der Waals surface area contributed by atoms with E-state index in [0.29, 0.717) is 25.2 Å². The van der Waals surface area contributed by atoms with Crippen molar-refractivity contribution >= 4 is 11.6 Å². The van der Waals surface area contributed by atoms with E-state index in [1.54, 1.807) is 0 Å². The first kappa shape index (κ1) is 12.9. The zero-order chi connectivity index (χ0) is 14.5. The van der Waals surface area contributed by atoms with Gasteiger partial charge in [-0.05, 0) is 11.6 Å². The number of benzene rings is 1. The molecular formula is C13H10F3N3O. The maximum absolute atomic E-state index is 13.1. The molecule has 1 amide bonds.